The van der Waals surface area contributed by atoms with Crippen molar-refractivity contribution >= 4 is 8.32 Å². The van der Waals surface area contributed by atoms with Gasteiger partial charge in [-0.25, -0.2) is 0 Å². The van der Waals surface area contributed by atoms with Crippen LogP contribution >= 0.6 is 0 Å². The van der Waals surface area contributed by atoms with Gasteiger partial charge >= 0.3 is 0 Å². The minimum atomic E-state index is -2.03. The van der Waals surface area contributed by atoms with E-state index in [1.54, 1.807) is 13.2 Å². The average molecular weight is 360 g/mol. The summed E-state index contributed by atoms with van der Waals surface area (Å²) in [4.78, 5) is 4.61. The Bertz CT molecular complexity index is 674. The van der Waals surface area contributed by atoms with E-state index < -0.39 is 8.32 Å². The van der Waals surface area contributed by atoms with Crippen LogP contribution in [0.25, 0.3) is 0 Å². The van der Waals surface area contributed by atoms with Crippen LogP contribution in [0.4, 0.5) is 0 Å². The van der Waals surface area contributed by atoms with Gasteiger partial charge in [-0.1, -0.05) is 51.1 Å². The zero-order chi connectivity index (χ0) is 18.7. The Morgan fingerprint density at radius 3 is 2.28 bits per heavy atom. The fourth-order valence-corrected chi connectivity index (χ4v) is 3.51. The van der Waals surface area contributed by atoms with Crippen molar-refractivity contribution in [1.29, 1.82) is 0 Å². The molecule has 0 amide bonds. The van der Waals surface area contributed by atoms with Crippen LogP contribution in [0.5, 0.6) is 5.75 Å². The van der Waals surface area contributed by atoms with Gasteiger partial charge in [0.15, 0.2) is 8.32 Å². The van der Waals surface area contributed by atoms with Gasteiger partial charge in [0.05, 0.1) is 25.1 Å². The van der Waals surface area contributed by atoms with E-state index >= 15 is 0 Å². The SMILES string of the molecule is COc1cc(CO)nc([C@H](O[Si](C)(C)C(C)(C)C)c2ccccc2)c1. The fourth-order valence-electron chi connectivity index (χ4n) is 2.31. The molecule has 1 aromatic carbocycles. The molecule has 1 heterocycles. The van der Waals surface area contributed by atoms with Gasteiger partial charge in [0.1, 0.15) is 11.9 Å². The number of aromatic nitrogens is 1. The zero-order valence-electron chi connectivity index (χ0n) is 16.0. The van der Waals surface area contributed by atoms with Crippen molar-refractivity contribution in [1.82, 2.24) is 4.98 Å². The molecule has 1 atom stereocenters. The summed E-state index contributed by atoms with van der Waals surface area (Å²) in [5.41, 5.74) is 2.39. The van der Waals surface area contributed by atoms with Crippen molar-refractivity contribution in [2.75, 3.05) is 7.11 Å². The Morgan fingerprint density at radius 2 is 1.76 bits per heavy atom. The highest BCUT2D eigenvalue weighted by atomic mass is 28.4. The van der Waals surface area contributed by atoms with E-state index in [-0.39, 0.29) is 17.7 Å². The topological polar surface area (TPSA) is 51.6 Å². The fraction of sp³-hybridized carbons (Fsp3) is 0.450. The number of nitrogens with zero attached hydrogens (tertiary/aromatic N) is 1. The van der Waals surface area contributed by atoms with Crippen LogP contribution in [-0.4, -0.2) is 25.5 Å². The molecule has 2 aromatic rings. The molecule has 0 saturated heterocycles. The first-order chi connectivity index (χ1) is 11.7. The molecule has 0 bridgehead atoms. The predicted molar refractivity (Wildman–Crippen MR) is 103 cm³/mol. The molecule has 0 unspecified atom stereocenters. The second-order valence-electron chi connectivity index (χ2n) is 7.75. The summed E-state index contributed by atoms with van der Waals surface area (Å²) in [5.74, 6) is 0.675. The van der Waals surface area contributed by atoms with Gasteiger partial charge in [-0.3, -0.25) is 4.98 Å². The van der Waals surface area contributed by atoms with Crippen LogP contribution in [0.3, 0.4) is 0 Å². The summed E-state index contributed by atoms with van der Waals surface area (Å²) in [6.07, 6.45) is -0.289. The molecule has 0 aliphatic carbocycles. The van der Waals surface area contributed by atoms with Gasteiger partial charge in [-0.2, -0.15) is 0 Å². The molecule has 25 heavy (non-hydrogen) atoms. The molecule has 2 rings (SSSR count). The highest BCUT2D eigenvalue weighted by Crippen LogP contribution is 2.41. The lowest BCUT2D eigenvalue weighted by Gasteiger charge is -2.39. The van der Waals surface area contributed by atoms with E-state index in [2.05, 4.69) is 51.0 Å². The number of benzene rings is 1. The molecular formula is C20H29NO3Si. The molecule has 0 aliphatic rings. The first-order valence-electron chi connectivity index (χ1n) is 8.56. The van der Waals surface area contributed by atoms with E-state index in [0.29, 0.717) is 11.4 Å². The monoisotopic (exact) mass is 359 g/mol. The second kappa shape index (κ2) is 7.68. The standard InChI is InChI=1S/C20H29NO3Si/c1-20(2,3)25(5,6)24-19(15-10-8-7-9-11-15)18-13-17(23-4)12-16(14-22)21-18/h7-13,19,22H,14H2,1-6H3/t19-/m1/s1. The van der Waals surface area contributed by atoms with Crippen molar-refractivity contribution in [3.8, 4) is 5.75 Å². The summed E-state index contributed by atoms with van der Waals surface area (Å²) in [6.45, 7) is 11.0. The van der Waals surface area contributed by atoms with Crippen LogP contribution in [0, 0.1) is 0 Å². The third-order valence-electron chi connectivity index (χ3n) is 4.86. The molecule has 0 radical (unpaired) electrons. The zero-order valence-corrected chi connectivity index (χ0v) is 17.0. The smallest absolute Gasteiger partial charge is 0.193 e. The normalized spacial score (nSPS) is 13.6. The lowest BCUT2D eigenvalue weighted by molar-refractivity contribution is 0.215. The highest BCUT2D eigenvalue weighted by Gasteiger charge is 2.40. The largest absolute Gasteiger partial charge is 0.497 e. The second-order valence-corrected chi connectivity index (χ2v) is 12.5. The van der Waals surface area contributed by atoms with Crippen LogP contribution < -0.4 is 4.74 Å². The minimum Gasteiger partial charge on any atom is -0.497 e. The molecule has 5 heteroatoms. The summed E-state index contributed by atoms with van der Waals surface area (Å²) in [6, 6.07) is 13.7. The number of aliphatic hydroxyl groups is 1. The maximum Gasteiger partial charge on any atom is 0.193 e. The number of rotatable bonds is 6. The van der Waals surface area contributed by atoms with Crippen molar-refractivity contribution < 1.29 is 14.3 Å². The van der Waals surface area contributed by atoms with E-state index in [4.69, 9.17) is 9.16 Å². The minimum absolute atomic E-state index is 0.0820. The van der Waals surface area contributed by atoms with Crippen LogP contribution in [0.2, 0.25) is 18.1 Å². The van der Waals surface area contributed by atoms with Gasteiger partial charge in [0.2, 0.25) is 0 Å². The number of methoxy groups -OCH3 is 1. The molecule has 0 spiro atoms. The number of hydrogen-bond acceptors (Lipinski definition) is 4. The van der Waals surface area contributed by atoms with Crippen molar-refractivity contribution in [3.05, 3.63) is 59.4 Å². The van der Waals surface area contributed by atoms with Gasteiger partial charge < -0.3 is 14.3 Å². The Kier molecular flexibility index (Phi) is 6.03. The van der Waals surface area contributed by atoms with Crippen molar-refractivity contribution in [2.45, 2.75) is 51.6 Å². The first kappa shape index (κ1) is 19.6. The van der Waals surface area contributed by atoms with E-state index in [1.165, 1.54) is 0 Å². The van der Waals surface area contributed by atoms with E-state index in [1.807, 2.05) is 24.3 Å². The summed E-state index contributed by atoms with van der Waals surface area (Å²) < 4.78 is 12.1. The Balaban J connectivity index is 2.53. The molecule has 1 N–H and O–H groups in total. The van der Waals surface area contributed by atoms with E-state index in [0.717, 1.165) is 11.3 Å². The lowest BCUT2D eigenvalue weighted by atomic mass is 10.1. The summed E-state index contributed by atoms with van der Waals surface area (Å²) in [5, 5.41) is 9.63. The summed E-state index contributed by atoms with van der Waals surface area (Å²) in [7, 11) is -0.414. The molecule has 136 valence electrons. The highest BCUT2D eigenvalue weighted by molar-refractivity contribution is 6.74. The van der Waals surface area contributed by atoms with Crippen LogP contribution in [0.1, 0.15) is 43.8 Å². The molecule has 1 aromatic heterocycles. The first-order valence-corrected chi connectivity index (χ1v) is 11.5. The molecular weight excluding hydrogens is 330 g/mol. The Labute approximate surface area is 152 Å². The van der Waals surface area contributed by atoms with Crippen LogP contribution in [-0.2, 0) is 11.0 Å². The maximum absolute atomic E-state index is 9.55. The third-order valence-corrected chi connectivity index (χ3v) is 9.30. The van der Waals surface area contributed by atoms with Gasteiger partial charge in [0.25, 0.3) is 0 Å². The number of pyridine rings is 1. The third kappa shape index (κ3) is 4.69. The van der Waals surface area contributed by atoms with Gasteiger partial charge in [-0.05, 0) is 23.7 Å². The number of ether oxygens (including phenoxy) is 1. The molecule has 4 nitrogen and oxygen atoms in total. The number of aliphatic hydroxyl groups excluding tert-OH is 1. The van der Waals surface area contributed by atoms with Crippen LogP contribution in [0.15, 0.2) is 42.5 Å². The Hall–Kier alpha value is -1.69. The van der Waals surface area contributed by atoms with E-state index in [9.17, 15) is 5.11 Å². The van der Waals surface area contributed by atoms with Crippen molar-refractivity contribution in [3.63, 3.8) is 0 Å². The average Bonchev–Trinajstić information content (AvgIpc) is 2.59. The maximum atomic E-state index is 9.55. The molecule has 0 fully saturated rings. The predicted octanol–water partition coefficient (Wildman–Crippen LogP) is 4.69. The molecule has 0 aliphatic heterocycles. The Morgan fingerprint density at radius 1 is 1.12 bits per heavy atom. The number of hydrogen-bond donors (Lipinski definition) is 1. The summed E-state index contributed by atoms with van der Waals surface area (Å²) >= 11 is 0. The van der Waals surface area contributed by atoms with Gasteiger partial charge in [0, 0.05) is 12.1 Å². The quantitative estimate of drug-likeness (QED) is 0.760. The lowest BCUT2D eigenvalue weighted by Crippen LogP contribution is -2.42. The van der Waals surface area contributed by atoms with Gasteiger partial charge in [-0.15, -0.1) is 0 Å². The van der Waals surface area contributed by atoms with Crippen molar-refractivity contribution in [2.24, 2.45) is 0 Å². The molecule has 0 saturated carbocycles.